The van der Waals surface area contributed by atoms with Crippen LogP contribution >= 0.6 is 0 Å². The Bertz CT molecular complexity index is 204. The molecule has 0 aromatic rings. The van der Waals surface area contributed by atoms with Crippen LogP contribution in [0.2, 0.25) is 15.1 Å². The van der Waals surface area contributed by atoms with Crippen molar-refractivity contribution in [1.29, 1.82) is 0 Å². The first-order valence-corrected chi connectivity index (χ1v) is 8.25. The Hall–Kier alpha value is 0.601. The first kappa shape index (κ1) is 15.6. The quantitative estimate of drug-likeness (QED) is 0.587. The number of nitrogens with zero attached hydrogens (tertiary/aromatic N) is 1. The van der Waals surface area contributed by atoms with Gasteiger partial charge in [-0.1, -0.05) is 0 Å². The van der Waals surface area contributed by atoms with Crippen LogP contribution in [0, 0.1) is 0 Å². The maximum absolute atomic E-state index is 4.91. The normalized spacial score (nSPS) is 15.4. The van der Waals surface area contributed by atoms with Gasteiger partial charge in [-0.15, -0.1) is 0 Å². The fourth-order valence-corrected chi connectivity index (χ4v) is 15.7. The Morgan fingerprint density at radius 3 is 0.867 bits per heavy atom. The van der Waals surface area contributed by atoms with Gasteiger partial charge in [0.25, 0.3) is 0 Å². The summed E-state index contributed by atoms with van der Waals surface area (Å²) < 4.78 is 4.91. The van der Waals surface area contributed by atoms with E-state index < -0.39 is 8.24 Å². The van der Waals surface area contributed by atoms with Crippen LogP contribution in [0.1, 0.15) is 62.3 Å². The van der Waals surface area contributed by atoms with Gasteiger partial charge >= 0.3 is 106 Å². The predicted molar refractivity (Wildman–Crippen MR) is 67.3 cm³/mol. The Morgan fingerprint density at radius 1 is 0.667 bits per heavy atom. The molecule has 0 N–H and O–H groups in total. The molecule has 0 amide bonds. The van der Waals surface area contributed by atoms with Crippen LogP contribution in [-0.4, -0.2) is 8.24 Å². The molecule has 0 rings (SSSR count). The molecule has 0 aliphatic rings. The average Bonchev–Trinajstić information content (AvgIpc) is 1.76. The molecule has 0 fully saturated rings. The SMILES string of the molecule is CC(C)(C)[Si]([N]=[V+2])(C(C)(C)C)C(C)(C)C. The third kappa shape index (κ3) is 2.48. The monoisotopic (exact) mass is 264 g/mol. The van der Waals surface area contributed by atoms with Crippen LogP contribution in [0.15, 0.2) is 3.46 Å². The number of hydrogen-bond donors (Lipinski definition) is 0. The summed E-state index contributed by atoms with van der Waals surface area (Å²) in [6.07, 6.45) is 0. The Labute approximate surface area is 106 Å². The molecule has 3 heteroatoms. The van der Waals surface area contributed by atoms with E-state index in [1.54, 1.807) is 0 Å². The standard InChI is InChI=1S/C12H27NSi.V/c1-10(2,3)14(13,11(4,5)6)12(7,8)9;/h1-9H3;/q;+2. The van der Waals surface area contributed by atoms with Crippen LogP contribution in [0.4, 0.5) is 0 Å². The second kappa shape index (κ2) is 4.12. The van der Waals surface area contributed by atoms with Crippen LogP contribution in [0.5, 0.6) is 0 Å². The summed E-state index contributed by atoms with van der Waals surface area (Å²) in [6, 6.07) is 0. The van der Waals surface area contributed by atoms with Crippen molar-refractivity contribution in [1.82, 2.24) is 0 Å². The van der Waals surface area contributed by atoms with Crippen LogP contribution in [0.25, 0.3) is 0 Å². The van der Waals surface area contributed by atoms with E-state index in [0.717, 1.165) is 0 Å². The zero-order valence-electron chi connectivity index (χ0n) is 11.9. The molecular formula is C12H27NSiV+2. The molecule has 0 atom stereocenters. The summed E-state index contributed by atoms with van der Waals surface area (Å²) >= 11 is 2.51. The number of rotatable bonds is 1. The Kier molecular flexibility index (Phi) is 4.29. The molecule has 0 heterocycles. The van der Waals surface area contributed by atoms with Crippen molar-refractivity contribution in [2.24, 2.45) is 3.46 Å². The van der Waals surface area contributed by atoms with E-state index in [4.69, 9.17) is 3.46 Å². The topological polar surface area (TPSA) is 12.4 Å². The van der Waals surface area contributed by atoms with E-state index in [1.807, 2.05) is 0 Å². The van der Waals surface area contributed by atoms with Crippen molar-refractivity contribution in [2.45, 2.75) is 77.4 Å². The number of hydrogen-bond acceptors (Lipinski definition) is 1. The summed E-state index contributed by atoms with van der Waals surface area (Å²) in [4.78, 5) is 0. The minimum absolute atomic E-state index is 0.288. The molecule has 0 aliphatic carbocycles. The van der Waals surface area contributed by atoms with Crippen molar-refractivity contribution in [3.8, 4) is 0 Å². The molecule has 1 nitrogen and oxygen atoms in total. The first-order chi connectivity index (χ1) is 6.31. The van der Waals surface area contributed by atoms with E-state index in [0.29, 0.717) is 0 Å². The fourth-order valence-electron chi connectivity index (χ4n) is 3.82. The van der Waals surface area contributed by atoms with Gasteiger partial charge in [-0.25, -0.2) is 0 Å². The molecule has 0 saturated carbocycles. The Morgan fingerprint density at radius 2 is 0.867 bits per heavy atom. The second-order valence-electron chi connectivity index (χ2n) is 7.56. The van der Waals surface area contributed by atoms with Crippen LogP contribution in [0.3, 0.4) is 0 Å². The molecular weight excluding hydrogens is 237 g/mol. The molecule has 0 saturated heterocycles. The van der Waals surface area contributed by atoms with Gasteiger partial charge in [-0.05, 0) is 0 Å². The van der Waals surface area contributed by atoms with Crippen molar-refractivity contribution in [2.75, 3.05) is 0 Å². The van der Waals surface area contributed by atoms with E-state index in [1.165, 1.54) is 0 Å². The predicted octanol–water partition coefficient (Wildman–Crippen LogP) is 5.06. The zero-order valence-corrected chi connectivity index (χ0v) is 14.3. The molecule has 0 aromatic heterocycles. The van der Waals surface area contributed by atoms with Gasteiger partial charge < -0.3 is 0 Å². The van der Waals surface area contributed by atoms with E-state index >= 15 is 0 Å². The minimum atomic E-state index is -1.78. The van der Waals surface area contributed by atoms with Gasteiger partial charge in [-0.3, -0.25) is 0 Å². The van der Waals surface area contributed by atoms with Crippen LogP contribution in [-0.2, 0) is 17.2 Å². The van der Waals surface area contributed by atoms with Gasteiger partial charge in [0.05, 0.1) is 0 Å². The van der Waals surface area contributed by atoms with Gasteiger partial charge in [0.15, 0.2) is 0 Å². The molecule has 0 spiro atoms. The van der Waals surface area contributed by atoms with E-state index in [2.05, 4.69) is 79.5 Å². The Balaban J connectivity index is 5.89. The summed E-state index contributed by atoms with van der Waals surface area (Å²) in [5, 5.41) is 0.865. The molecule has 0 unspecified atom stereocenters. The fraction of sp³-hybridized carbons (Fsp3) is 1.00. The second-order valence-corrected chi connectivity index (χ2v) is 14.6. The van der Waals surface area contributed by atoms with Crippen molar-refractivity contribution < 1.29 is 17.2 Å². The van der Waals surface area contributed by atoms with E-state index in [-0.39, 0.29) is 15.1 Å². The van der Waals surface area contributed by atoms with Crippen molar-refractivity contribution in [3.63, 3.8) is 0 Å². The molecule has 0 bridgehead atoms. The third-order valence-electron chi connectivity index (χ3n) is 3.41. The first-order valence-electron chi connectivity index (χ1n) is 5.67. The molecule has 15 heavy (non-hydrogen) atoms. The van der Waals surface area contributed by atoms with E-state index in [9.17, 15) is 0 Å². The summed E-state index contributed by atoms with van der Waals surface area (Å²) in [5.41, 5.74) is 0. The molecule has 0 aliphatic heterocycles. The molecule has 0 radical (unpaired) electrons. The third-order valence-corrected chi connectivity index (χ3v) is 11.6. The van der Waals surface area contributed by atoms with Gasteiger partial charge in [0.1, 0.15) is 0 Å². The summed E-state index contributed by atoms with van der Waals surface area (Å²) in [5.74, 6) is 0. The average molecular weight is 264 g/mol. The van der Waals surface area contributed by atoms with Crippen molar-refractivity contribution >= 4 is 8.24 Å². The van der Waals surface area contributed by atoms with Gasteiger partial charge in [-0.2, -0.15) is 0 Å². The summed E-state index contributed by atoms with van der Waals surface area (Å²) in [6.45, 7) is 21.2. The van der Waals surface area contributed by atoms with Gasteiger partial charge in [0, 0.05) is 0 Å². The summed E-state index contributed by atoms with van der Waals surface area (Å²) in [7, 11) is -1.78. The van der Waals surface area contributed by atoms with Gasteiger partial charge in [0.2, 0.25) is 0 Å². The molecule has 87 valence electrons. The zero-order chi connectivity index (χ0) is 12.7. The van der Waals surface area contributed by atoms with Crippen LogP contribution < -0.4 is 0 Å². The van der Waals surface area contributed by atoms with Crippen molar-refractivity contribution in [3.05, 3.63) is 0 Å². The maximum atomic E-state index is 4.91. The molecule has 0 aromatic carbocycles.